The molecule has 0 saturated carbocycles. The summed E-state index contributed by atoms with van der Waals surface area (Å²) in [6.07, 6.45) is 1.99. The second kappa shape index (κ2) is 9.07. The van der Waals surface area contributed by atoms with E-state index in [4.69, 9.17) is 0 Å². The number of carbonyl (C=O) groups excluding carboxylic acids is 3. The van der Waals surface area contributed by atoms with Crippen LogP contribution < -0.4 is 10.2 Å². The Kier molecular flexibility index (Phi) is 5.55. The molecule has 9 heteroatoms. The fourth-order valence-electron chi connectivity index (χ4n) is 6.90. The summed E-state index contributed by atoms with van der Waals surface area (Å²) in [6, 6.07) is 22.3. The predicted molar refractivity (Wildman–Crippen MR) is 156 cm³/mol. The molecular formula is C32H23N3O5S. The molecule has 4 aromatic rings. The zero-order chi connectivity index (χ0) is 28.5. The van der Waals surface area contributed by atoms with Crippen molar-refractivity contribution in [3.8, 4) is 0 Å². The van der Waals surface area contributed by atoms with Gasteiger partial charge in [-0.25, -0.2) is 0 Å². The molecule has 0 bridgehead atoms. The number of ketones is 2. The van der Waals surface area contributed by atoms with Gasteiger partial charge in [0.25, 0.3) is 5.69 Å². The Morgan fingerprint density at radius 1 is 0.976 bits per heavy atom. The number of thiophene rings is 1. The number of benzene rings is 3. The van der Waals surface area contributed by atoms with Gasteiger partial charge in [0.2, 0.25) is 5.91 Å². The van der Waals surface area contributed by atoms with Crippen molar-refractivity contribution in [2.75, 3.05) is 10.2 Å². The third-order valence-electron chi connectivity index (χ3n) is 8.54. The molecule has 3 aliphatic rings. The Morgan fingerprint density at radius 3 is 2.54 bits per heavy atom. The van der Waals surface area contributed by atoms with Gasteiger partial charge >= 0.3 is 0 Å². The second-order valence-corrected chi connectivity index (χ2v) is 11.5. The van der Waals surface area contributed by atoms with Crippen LogP contribution in [0.1, 0.15) is 38.1 Å². The fraction of sp³-hybridized carbons (Fsp3) is 0.156. The minimum absolute atomic E-state index is 0.0820. The van der Waals surface area contributed by atoms with E-state index in [1.165, 1.54) is 35.6 Å². The van der Waals surface area contributed by atoms with Crippen molar-refractivity contribution in [3.05, 3.63) is 128 Å². The van der Waals surface area contributed by atoms with Crippen LogP contribution >= 0.6 is 11.3 Å². The number of hydrogen-bond acceptors (Lipinski definition) is 7. The number of carbonyl (C=O) groups is 3. The Morgan fingerprint density at radius 2 is 1.76 bits per heavy atom. The van der Waals surface area contributed by atoms with Crippen LogP contribution in [0.5, 0.6) is 0 Å². The maximum atomic E-state index is 14.8. The van der Waals surface area contributed by atoms with E-state index in [1.54, 1.807) is 23.6 Å². The second-order valence-electron chi connectivity index (χ2n) is 10.5. The molecule has 3 aromatic carbocycles. The Labute approximate surface area is 239 Å². The van der Waals surface area contributed by atoms with Gasteiger partial charge < -0.3 is 10.2 Å². The van der Waals surface area contributed by atoms with E-state index >= 15 is 0 Å². The van der Waals surface area contributed by atoms with Gasteiger partial charge in [-0.15, -0.1) is 11.3 Å². The van der Waals surface area contributed by atoms with E-state index in [9.17, 15) is 24.5 Å². The van der Waals surface area contributed by atoms with Crippen LogP contribution in [0.15, 0.2) is 96.4 Å². The Bertz CT molecular complexity index is 1810. The number of para-hydroxylation sites is 2. The molecule has 8 nitrogen and oxygen atoms in total. The molecule has 0 aliphatic carbocycles. The van der Waals surface area contributed by atoms with Crippen molar-refractivity contribution >= 4 is 51.4 Å². The average Bonchev–Trinajstić information content (AvgIpc) is 3.70. The average molecular weight is 562 g/mol. The molecule has 1 aromatic heterocycles. The topological polar surface area (TPSA) is 110 Å². The quantitative estimate of drug-likeness (QED) is 0.185. The van der Waals surface area contributed by atoms with E-state index < -0.39 is 34.1 Å². The molecule has 1 amide bonds. The van der Waals surface area contributed by atoms with Crippen molar-refractivity contribution < 1.29 is 19.3 Å². The number of nitro groups is 1. The lowest BCUT2D eigenvalue weighted by Crippen LogP contribution is -2.51. The van der Waals surface area contributed by atoms with E-state index in [0.29, 0.717) is 16.1 Å². The lowest BCUT2D eigenvalue weighted by Gasteiger charge is -2.39. The standard InChI is InChI=1S/C32H23N3O5S/c1-18-16-26-32(22-11-3-4-12-23(22)33-31(32)38)27(29(36)19-8-6-9-20(17-19)35(39)40)28(30(37)25-14-7-15-41-25)34(26)24-13-5-2-10-21(18)24/h2-17,26-28H,1H3,(H,33,38). The number of Topliss-reactive ketones (excluding diaryl/α,β-unsaturated/α-hetero) is 2. The van der Waals surface area contributed by atoms with Crippen LogP contribution in [0.3, 0.4) is 0 Å². The van der Waals surface area contributed by atoms with Crippen LogP contribution in [0.25, 0.3) is 5.57 Å². The van der Waals surface area contributed by atoms with Crippen molar-refractivity contribution in [2.24, 2.45) is 5.92 Å². The third-order valence-corrected chi connectivity index (χ3v) is 9.42. The molecule has 4 heterocycles. The van der Waals surface area contributed by atoms with Crippen LogP contribution in [0.4, 0.5) is 17.1 Å². The number of nitrogens with zero attached hydrogens (tertiary/aromatic N) is 2. The van der Waals surface area contributed by atoms with E-state index in [2.05, 4.69) is 5.32 Å². The predicted octanol–water partition coefficient (Wildman–Crippen LogP) is 5.90. The van der Waals surface area contributed by atoms with Gasteiger partial charge in [0, 0.05) is 34.6 Å². The zero-order valence-corrected chi connectivity index (χ0v) is 22.6. The molecule has 4 atom stereocenters. The van der Waals surface area contributed by atoms with E-state index in [-0.39, 0.29) is 22.9 Å². The summed E-state index contributed by atoms with van der Waals surface area (Å²) in [7, 11) is 0. The highest BCUT2D eigenvalue weighted by atomic mass is 32.1. The largest absolute Gasteiger partial charge is 0.352 e. The number of nitro benzene ring substituents is 1. The fourth-order valence-corrected chi connectivity index (χ4v) is 7.60. The first-order valence-corrected chi connectivity index (χ1v) is 14.1. The highest BCUT2D eigenvalue weighted by molar-refractivity contribution is 7.12. The number of non-ortho nitro benzene ring substituents is 1. The van der Waals surface area contributed by atoms with Crippen LogP contribution in [0, 0.1) is 16.0 Å². The Balaban J connectivity index is 1.55. The summed E-state index contributed by atoms with van der Waals surface area (Å²) >= 11 is 1.28. The molecule has 4 unspecified atom stereocenters. The van der Waals surface area contributed by atoms with Crippen molar-refractivity contribution in [2.45, 2.75) is 24.4 Å². The maximum Gasteiger partial charge on any atom is 0.270 e. The summed E-state index contributed by atoms with van der Waals surface area (Å²) in [5.41, 5.74) is 2.21. The molecule has 1 N–H and O–H groups in total. The molecule has 1 spiro atoms. The molecule has 7 rings (SSSR count). The molecule has 41 heavy (non-hydrogen) atoms. The van der Waals surface area contributed by atoms with Gasteiger partial charge in [-0.05, 0) is 41.6 Å². The molecule has 1 saturated heterocycles. The third kappa shape index (κ3) is 3.42. The minimum atomic E-state index is -1.47. The van der Waals surface area contributed by atoms with Crippen molar-refractivity contribution in [3.63, 3.8) is 0 Å². The maximum absolute atomic E-state index is 14.8. The van der Waals surface area contributed by atoms with E-state index in [1.807, 2.05) is 60.4 Å². The lowest BCUT2D eigenvalue weighted by atomic mass is 9.64. The number of anilines is 2. The van der Waals surface area contributed by atoms with Gasteiger partial charge in [0.05, 0.1) is 21.8 Å². The van der Waals surface area contributed by atoms with Crippen molar-refractivity contribution in [1.29, 1.82) is 0 Å². The van der Waals surface area contributed by atoms with Crippen molar-refractivity contribution in [1.82, 2.24) is 0 Å². The zero-order valence-electron chi connectivity index (χ0n) is 21.8. The number of amides is 1. The SMILES string of the molecule is CC1=CC2N(c3ccccc31)C(C(=O)c1cccs1)C(C(=O)c1cccc([N+](=O)[O-])c1)C21C(=O)Nc2ccccc21. The van der Waals surface area contributed by atoms with Gasteiger partial charge in [0.15, 0.2) is 11.6 Å². The lowest BCUT2D eigenvalue weighted by molar-refractivity contribution is -0.384. The van der Waals surface area contributed by atoms with Gasteiger partial charge in [-0.3, -0.25) is 24.5 Å². The number of hydrogen-bond donors (Lipinski definition) is 1. The van der Waals surface area contributed by atoms with E-state index in [0.717, 1.165) is 16.8 Å². The summed E-state index contributed by atoms with van der Waals surface area (Å²) in [5.74, 6) is -2.32. The monoisotopic (exact) mass is 561 g/mol. The van der Waals surface area contributed by atoms with Crippen LogP contribution in [-0.2, 0) is 10.2 Å². The molecular weight excluding hydrogens is 538 g/mol. The summed E-state index contributed by atoms with van der Waals surface area (Å²) in [6.45, 7) is 1.97. The highest BCUT2D eigenvalue weighted by Crippen LogP contribution is 2.59. The number of allylic oxidation sites excluding steroid dienone is 1. The number of nitrogens with one attached hydrogen (secondary N) is 1. The Hall–Kier alpha value is -4.89. The summed E-state index contributed by atoms with van der Waals surface area (Å²) < 4.78 is 0. The number of rotatable bonds is 5. The van der Waals surface area contributed by atoms with Gasteiger partial charge in [-0.2, -0.15) is 0 Å². The first-order chi connectivity index (χ1) is 19.8. The molecule has 0 radical (unpaired) electrons. The normalized spacial score (nSPS) is 23.8. The highest BCUT2D eigenvalue weighted by Gasteiger charge is 2.70. The van der Waals surface area contributed by atoms with Crippen LogP contribution in [0.2, 0.25) is 0 Å². The molecule has 202 valence electrons. The first kappa shape index (κ1) is 25.1. The summed E-state index contributed by atoms with van der Waals surface area (Å²) in [4.78, 5) is 57.1. The summed E-state index contributed by atoms with van der Waals surface area (Å²) in [5, 5.41) is 16.4. The smallest absolute Gasteiger partial charge is 0.270 e. The molecule has 1 fully saturated rings. The first-order valence-electron chi connectivity index (χ1n) is 13.2. The number of fused-ring (bicyclic) bond motifs is 6. The molecule has 3 aliphatic heterocycles. The van der Waals surface area contributed by atoms with Gasteiger partial charge in [-0.1, -0.05) is 60.7 Å². The van der Waals surface area contributed by atoms with Gasteiger partial charge in [0.1, 0.15) is 11.5 Å². The van der Waals surface area contributed by atoms with Crippen LogP contribution in [-0.4, -0.2) is 34.5 Å². The minimum Gasteiger partial charge on any atom is -0.352 e.